The van der Waals surface area contributed by atoms with E-state index in [2.05, 4.69) is 5.32 Å². The number of esters is 1. The lowest BCUT2D eigenvalue weighted by atomic mass is 10.2. The van der Waals surface area contributed by atoms with E-state index in [1.807, 2.05) is 0 Å². The first-order valence-electron chi connectivity index (χ1n) is 5.52. The predicted molar refractivity (Wildman–Crippen MR) is 66.0 cm³/mol. The molecule has 1 rings (SSSR count). The van der Waals surface area contributed by atoms with Gasteiger partial charge in [-0.3, -0.25) is 4.79 Å². The molecule has 7 heteroatoms. The SMILES string of the molecule is COCCNC(=O)COC(=O)c1ccc(N)c(F)c1. The first-order valence-corrected chi connectivity index (χ1v) is 5.52. The number of carbonyl (C=O) groups is 2. The lowest BCUT2D eigenvalue weighted by Gasteiger charge is -2.06. The number of carbonyl (C=O) groups excluding carboxylic acids is 2. The number of nitrogens with one attached hydrogen (secondary N) is 1. The lowest BCUT2D eigenvalue weighted by molar-refractivity contribution is -0.124. The third-order valence-electron chi connectivity index (χ3n) is 2.20. The summed E-state index contributed by atoms with van der Waals surface area (Å²) in [5.74, 6) is -1.96. The van der Waals surface area contributed by atoms with Crippen LogP contribution in [0.1, 0.15) is 10.4 Å². The number of nitrogens with two attached hydrogens (primary N) is 1. The number of methoxy groups -OCH3 is 1. The average molecular weight is 270 g/mol. The summed E-state index contributed by atoms with van der Waals surface area (Å²) in [5.41, 5.74) is 5.21. The van der Waals surface area contributed by atoms with Crippen LogP contribution in [0.15, 0.2) is 18.2 Å². The maximum Gasteiger partial charge on any atom is 0.338 e. The highest BCUT2D eigenvalue weighted by Gasteiger charge is 2.11. The molecule has 1 aromatic rings. The zero-order valence-corrected chi connectivity index (χ0v) is 10.4. The van der Waals surface area contributed by atoms with Crippen molar-refractivity contribution < 1.29 is 23.5 Å². The minimum Gasteiger partial charge on any atom is -0.452 e. The maximum atomic E-state index is 13.1. The van der Waals surface area contributed by atoms with Crippen molar-refractivity contribution in [2.24, 2.45) is 0 Å². The van der Waals surface area contributed by atoms with Gasteiger partial charge in [-0.05, 0) is 18.2 Å². The van der Waals surface area contributed by atoms with Crippen molar-refractivity contribution in [3.63, 3.8) is 0 Å². The second kappa shape index (κ2) is 7.32. The van der Waals surface area contributed by atoms with E-state index in [0.29, 0.717) is 13.2 Å². The van der Waals surface area contributed by atoms with Gasteiger partial charge in [-0.25, -0.2) is 9.18 Å². The van der Waals surface area contributed by atoms with E-state index in [1.54, 1.807) is 0 Å². The van der Waals surface area contributed by atoms with Crippen LogP contribution in [0.4, 0.5) is 10.1 Å². The minimum absolute atomic E-state index is 0.00334. The summed E-state index contributed by atoms with van der Waals surface area (Å²) in [6.45, 7) is 0.251. The maximum absolute atomic E-state index is 13.1. The van der Waals surface area contributed by atoms with E-state index in [-0.39, 0.29) is 11.3 Å². The number of anilines is 1. The number of hydrogen-bond donors (Lipinski definition) is 2. The molecule has 0 fully saturated rings. The zero-order chi connectivity index (χ0) is 14.3. The van der Waals surface area contributed by atoms with E-state index < -0.39 is 24.3 Å². The molecule has 104 valence electrons. The predicted octanol–water partition coefficient (Wildman–Crippen LogP) is 0.327. The van der Waals surface area contributed by atoms with Gasteiger partial charge < -0.3 is 20.5 Å². The third kappa shape index (κ3) is 4.92. The first-order chi connectivity index (χ1) is 9.04. The average Bonchev–Trinajstić information content (AvgIpc) is 2.39. The number of benzene rings is 1. The van der Waals surface area contributed by atoms with Crippen LogP contribution in [0.5, 0.6) is 0 Å². The summed E-state index contributed by atoms with van der Waals surface area (Å²) in [4.78, 5) is 22.7. The molecule has 0 heterocycles. The number of nitrogen functional groups attached to an aromatic ring is 1. The fourth-order valence-electron chi connectivity index (χ4n) is 1.21. The van der Waals surface area contributed by atoms with Gasteiger partial charge in [-0.1, -0.05) is 0 Å². The van der Waals surface area contributed by atoms with Gasteiger partial charge in [0.15, 0.2) is 6.61 Å². The highest BCUT2D eigenvalue weighted by molar-refractivity contribution is 5.91. The van der Waals surface area contributed by atoms with Gasteiger partial charge in [0.2, 0.25) is 0 Å². The van der Waals surface area contributed by atoms with Crippen LogP contribution >= 0.6 is 0 Å². The van der Waals surface area contributed by atoms with Crippen molar-refractivity contribution >= 4 is 17.6 Å². The van der Waals surface area contributed by atoms with Crippen molar-refractivity contribution in [1.29, 1.82) is 0 Å². The fraction of sp³-hybridized carbons (Fsp3) is 0.333. The van der Waals surface area contributed by atoms with Gasteiger partial charge in [-0.15, -0.1) is 0 Å². The number of halogens is 1. The fourth-order valence-corrected chi connectivity index (χ4v) is 1.21. The number of hydrogen-bond acceptors (Lipinski definition) is 5. The molecule has 0 unspecified atom stereocenters. The standard InChI is InChI=1S/C12H15FN2O4/c1-18-5-4-15-11(16)7-19-12(17)8-2-3-10(14)9(13)6-8/h2-3,6H,4-5,7,14H2,1H3,(H,15,16). The topological polar surface area (TPSA) is 90.6 Å². The highest BCUT2D eigenvalue weighted by atomic mass is 19.1. The Morgan fingerprint density at radius 1 is 1.42 bits per heavy atom. The Balaban J connectivity index is 2.42. The van der Waals surface area contributed by atoms with E-state index in [9.17, 15) is 14.0 Å². The summed E-state index contributed by atoms with van der Waals surface area (Å²) >= 11 is 0. The van der Waals surface area contributed by atoms with Gasteiger partial charge in [0.05, 0.1) is 17.9 Å². The number of ether oxygens (including phenoxy) is 2. The Morgan fingerprint density at radius 2 is 2.16 bits per heavy atom. The molecule has 0 aliphatic rings. The van der Waals surface area contributed by atoms with Gasteiger partial charge in [0.1, 0.15) is 5.82 Å². The molecule has 0 aliphatic carbocycles. The van der Waals surface area contributed by atoms with Crippen molar-refractivity contribution in [2.45, 2.75) is 0 Å². The molecule has 6 nitrogen and oxygen atoms in total. The van der Waals surface area contributed by atoms with Crippen molar-refractivity contribution in [3.8, 4) is 0 Å². The molecule has 1 amide bonds. The summed E-state index contributed by atoms with van der Waals surface area (Å²) in [6.07, 6.45) is 0. The van der Waals surface area contributed by atoms with Crippen LogP contribution in [0.3, 0.4) is 0 Å². The monoisotopic (exact) mass is 270 g/mol. The Morgan fingerprint density at radius 3 is 2.79 bits per heavy atom. The van der Waals surface area contributed by atoms with Gasteiger partial charge in [0.25, 0.3) is 5.91 Å². The van der Waals surface area contributed by atoms with Crippen LogP contribution in [-0.4, -0.2) is 38.7 Å². The summed E-state index contributed by atoms with van der Waals surface area (Å²) < 4.78 is 22.6. The van der Waals surface area contributed by atoms with Gasteiger partial charge >= 0.3 is 5.97 Å². The van der Waals surface area contributed by atoms with Crippen LogP contribution < -0.4 is 11.1 Å². The summed E-state index contributed by atoms with van der Waals surface area (Å²) in [6, 6.07) is 3.54. The van der Waals surface area contributed by atoms with Crippen LogP contribution in [0.2, 0.25) is 0 Å². The Kier molecular flexibility index (Phi) is 5.74. The van der Waals surface area contributed by atoms with Crippen molar-refractivity contribution in [3.05, 3.63) is 29.6 Å². The van der Waals surface area contributed by atoms with Crippen LogP contribution in [0, 0.1) is 5.82 Å². The molecule has 0 spiro atoms. The molecular formula is C12H15FN2O4. The van der Waals surface area contributed by atoms with E-state index in [0.717, 1.165) is 6.07 Å². The molecule has 0 aliphatic heterocycles. The molecule has 1 aromatic carbocycles. The normalized spacial score (nSPS) is 10.0. The minimum atomic E-state index is -0.791. The Hall–Kier alpha value is -2.15. The Labute approximate surface area is 109 Å². The van der Waals surface area contributed by atoms with E-state index >= 15 is 0 Å². The molecule has 19 heavy (non-hydrogen) atoms. The number of rotatable bonds is 6. The number of amides is 1. The molecule has 0 aromatic heterocycles. The summed E-state index contributed by atoms with van der Waals surface area (Å²) in [7, 11) is 1.50. The molecule has 0 saturated heterocycles. The van der Waals surface area contributed by atoms with E-state index in [1.165, 1.54) is 19.2 Å². The molecule has 0 radical (unpaired) electrons. The molecule has 3 N–H and O–H groups in total. The smallest absolute Gasteiger partial charge is 0.338 e. The lowest BCUT2D eigenvalue weighted by Crippen LogP contribution is -2.31. The molecular weight excluding hydrogens is 255 g/mol. The second-order valence-corrected chi connectivity index (χ2v) is 3.66. The zero-order valence-electron chi connectivity index (χ0n) is 10.4. The largest absolute Gasteiger partial charge is 0.452 e. The van der Waals surface area contributed by atoms with Crippen LogP contribution in [-0.2, 0) is 14.3 Å². The molecule has 0 atom stereocenters. The molecule has 0 saturated carbocycles. The second-order valence-electron chi connectivity index (χ2n) is 3.66. The first kappa shape index (κ1) is 14.9. The quantitative estimate of drug-likeness (QED) is 0.441. The summed E-state index contributed by atoms with van der Waals surface area (Å²) in [5, 5.41) is 2.48. The van der Waals surface area contributed by atoms with Gasteiger partial charge in [-0.2, -0.15) is 0 Å². The highest BCUT2D eigenvalue weighted by Crippen LogP contribution is 2.12. The molecule has 0 bridgehead atoms. The third-order valence-corrected chi connectivity index (χ3v) is 2.20. The van der Waals surface area contributed by atoms with E-state index in [4.69, 9.17) is 15.2 Å². The van der Waals surface area contributed by atoms with Crippen molar-refractivity contribution in [2.75, 3.05) is 32.6 Å². The Bertz CT molecular complexity index is 465. The van der Waals surface area contributed by atoms with Gasteiger partial charge in [0, 0.05) is 13.7 Å². The van der Waals surface area contributed by atoms with Crippen LogP contribution in [0.25, 0.3) is 0 Å². The van der Waals surface area contributed by atoms with Crippen molar-refractivity contribution in [1.82, 2.24) is 5.32 Å².